The van der Waals surface area contributed by atoms with Gasteiger partial charge in [0.2, 0.25) is 0 Å². The number of hydrogen-bond donors (Lipinski definition) is 0. The highest BCUT2D eigenvalue weighted by Crippen LogP contribution is 2.23. The number of hydrogen-bond acceptors (Lipinski definition) is 1. The molecule has 1 saturated heterocycles. The van der Waals surface area contributed by atoms with Gasteiger partial charge in [-0.15, -0.1) is 0 Å². The summed E-state index contributed by atoms with van der Waals surface area (Å²) in [5, 5.41) is 0. The van der Waals surface area contributed by atoms with Crippen LogP contribution in [0.3, 0.4) is 0 Å². The average molecular weight is 316 g/mol. The molecule has 0 radical (unpaired) electrons. The molecule has 1 fully saturated rings. The maximum atomic E-state index is 11.2. The first kappa shape index (κ1) is 13.6. The van der Waals surface area contributed by atoms with Crippen molar-refractivity contribution in [1.29, 1.82) is 0 Å². The van der Waals surface area contributed by atoms with E-state index in [4.69, 9.17) is 0 Å². The molecular formula is C16H14BrNO. The van der Waals surface area contributed by atoms with Gasteiger partial charge in [0.15, 0.2) is 0 Å². The summed E-state index contributed by atoms with van der Waals surface area (Å²) < 4.78 is 1.13. The third-order valence-corrected chi connectivity index (χ3v) is 3.23. The van der Waals surface area contributed by atoms with E-state index in [0.717, 1.165) is 10.2 Å². The summed E-state index contributed by atoms with van der Waals surface area (Å²) >= 11 is 3.31. The summed E-state index contributed by atoms with van der Waals surface area (Å²) in [6.45, 7) is 4.30. The Morgan fingerprint density at radius 3 is 1.84 bits per heavy atom. The highest BCUT2D eigenvalue weighted by molar-refractivity contribution is 9.10. The van der Waals surface area contributed by atoms with Gasteiger partial charge in [0.25, 0.3) is 5.91 Å². The van der Waals surface area contributed by atoms with Crippen molar-refractivity contribution in [2.24, 2.45) is 0 Å². The Bertz CT molecular complexity index is 566. The second-order valence-corrected chi connectivity index (χ2v) is 5.04. The molecule has 3 rings (SSSR count). The number of benzene rings is 2. The Labute approximate surface area is 121 Å². The fraction of sp³-hybridized carbons (Fsp3) is 0.0625. The maximum absolute atomic E-state index is 11.2. The Kier molecular flexibility index (Phi) is 4.53. The predicted molar refractivity (Wildman–Crippen MR) is 82.1 cm³/mol. The van der Waals surface area contributed by atoms with E-state index < -0.39 is 0 Å². The Balaban J connectivity index is 0.000000163. The van der Waals surface area contributed by atoms with E-state index in [9.17, 15) is 4.79 Å². The fourth-order valence-corrected chi connectivity index (χ4v) is 1.97. The number of nitrogens with zero attached hydrogens (tertiary/aromatic N) is 1. The topological polar surface area (TPSA) is 20.3 Å². The molecule has 0 aromatic heterocycles. The summed E-state index contributed by atoms with van der Waals surface area (Å²) in [5.41, 5.74) is 1.65. The fourth-order valence-electron chi connectivity index (χ4n) is 1.66. The standard InChI is InChI=1S/C10H9NO.C6H5Br/c1-8-7-11(10(8)12)9-5-3-2-4-6-9;7-6-4-2-1-3-5-6/h2-6H,1,7H2;1-5H. The monoisotopic (exact) mass is 315 g/mol. The number of carbonyl (C=O) groups excluding carboxylic acids is 1. The van der Waals surface area contributed by atoms with E-state index in [1.807, 2.05) is 60.7 Å². The lowest BCUT2D eigenvalue weighted by molar-refractivity contribution is -0.117. The van der Waals surface area contributed by atoms with Crippen molar-refractivity contribution >= 4 is 27.5 Å². The summed E-state index contributed by atoms with van der Waals surface area (Å²) in [4.78, 5) is 12.9. The van der Waals surface area contributed by atoms with Crippen LogP contribution in [-0.2, 0) is 4.79 Å². The first-order valence-electron chi connectivity index (χ1n) is 5.94. The normalized spacial score (nSPS) is 13.4. The largest absolute Gasteiger partial charge is 0.304 e. The molecule has 0 bridgehead atoms. The molecule has 0 saturated carbocycles. The van der Waals surface area contributed by atoms with Gasteiger partial charge in [-0.1, -0.05) is 58.9 Å². The van der Waals surface area contributed by atoms with Gasteiger partial charge in [-0.25, -0.2) is 0 Å². The van der Waals surface area contributed by atoms with Gasteiger partial charge in [-0.2, -0.15) is 0 Å². The van der Waals surface area contributed by atoms with Crippen LogP contribution in [0.2, 0.25) is 0 Å². The predicted octanol–water partition coefficient (Wildman–Crippen LogP) is 4.04. The minimum absolute atomic E-state index is 0.0428. The number of rotatable bonds is 1. The van der Waals surface area contributed by atoms with Crippen LogP contribution in [0.1, 0.15) is 0 Å². The van der Waals surface area contributed by atoms with Crippen molar-refractivity contribution in [2.75, 3.05) is 11.4 Å². The number of β-lactam (4-membered cyclic amide) rings is 1. The Morgan fingerprint density at radius 1 is 0.947 bits per heavy atom. The summed E-state index contributed by atoms with van der Waals surface area (Å²) in [6, 6.07) is 19.6. The van der Waals surface area contributed by atoms with Crippen LogP contribution >= 0.6 is 15.9 Å². The molecule has 1 aliphatic rings. The number of carbonyl (C=O) groups is 1. The summed E-state index contributed by atoms with van der Waals surface area (Å²) in [5.74, 6) is 0.0428. The zero-order valence-electron chi connectivity index (χ0n) is 10.4. The molecule has 2 aromatic carbocycles. The van der Waals surface area contributed by atoms with Gasteiger partial charge in [-0.3, -0.25) is 4.79 Å². The smallest absolute Gasteiger partial charge is 0.255 e. The van der Waals surface area contributed by atoms with Gasteiger partial charge in [0.1, 0.15) is 0 Å². The number of anilines is 1. The molecule has 1 amide bonds. The zero-order chi connectivity index (χ0) is 13.7. The molecule has 0 N–H and O–H groups in total. The highest BCUT2D eigenvalue weighted by atomic mass is 79.9. The molecular weight excluding hydrogens is 302 g/mol. The second-order valence-electron chi connectivity index (χ2n) is 4.13. The van der Waals surface area contributed by atoms with Crippen molar-refractivity contribution in [3.63, 3.8) is 0 Å². The van der Waals surface area contributed by atoms with Crippen molar-refractivity contribution in [3.05, 3.63) is 77.3 Å². The van der Waals surface area contributed by atoms with Gasteiger partial charge >= 0.3 is 0 Å². The van der Waals surface area contributed by atoms with Crippen LogP contribution in [-0.4, -0.2) is 12.5 Å². The summed E-state index contributed by atoms with van der Waals surface area (Å²) in [6.07, 6.45) is 0. The van der Waals surface area contributed by atoms with Gasteiger partial charge in [-0.05, 0) is 24.3 Å². The minimum atomic E-state index is 0.0428. The van der Waals surface area contributed by atoms with E-state index in [-0.39, 0.29) is 5.91 Å². The lowest BCUT2D eigenvalue weighted by Gasteiger charge is -2.32. The molecule has 19 heavy (non-hydrogen) atoms. The maximum Gasteiger partial charge on any atom is 0.255 e. The summed E-state index contributed by atoms with van der Waals surface area (Å²) in [7, 11) is 0. The van der Waals surface area contributed by atoms with E-state index >= 15 is 0 Å². The SMILES string of the molecule is Brc1ccccc1.C=C1CN(c2ccccc2)C1=O. The molecule has 1 heterocycles. The van der Waals surface area contributed by atoms with E-state index in [0.29, 0.717) is 12.1 Å². The van der Waals surface area contributed by atoms with Crippen molar-refractivity contribution < 1.29 is 4.79 Å². The lowest BCUT2D eigenvalue weighted by Crippen LogP contribution is -2.45. The first-order chi connectivity index (χ1) is 9.18. The van der Waals surface area contributed by atoms with E-state index in [2.05, 4.69) is 22.5 Å². The molecule has 96 valence electrons. The third-order valence-electron chi connectivity index (χ3n) is 2.70. The van der Waals surface area contributed by atoms with Gasteiger partial charge < -0.3 is 4.90 Å². The molecule has 3 heteroatoms. The van der Waals surface area contributed by atoms with E-state index in [1.54, 1.807) is 4.90 Å². The van der Waals surface area contributed by atoms with Crippen molar-refractivity contribution in [1.82, 2.24) is 0 Å². The van der Waals surface area contributed by atoms with Gasteiger partial charge in [0.05, 0.1) is 6.54 Å². The van der Waals surface area contributed by atoms with Crippen LogP contribution in [0.15, 0.2) is 77.3 Å². The van der Waals surface area contributed by atoms with Crippen LogP contribution < -0.4 is 4.90 Å². The molecule has 0 aliphatic carbocycles. The van der Waals surface area contributed by atoms with Crippen LogP contribution in [0.4, 0.5) is 5.69 Å². The van der Waals surface area contributed by atoms with E-state index in [1.165, 1.54) is 0 Å². The van der Waals surface area contributed by atoms with Crippen LogP contribution in [0.25, 0.3) is 0 Å². The highest BCUT2D eigenvalue weighted by Gasteiger charge is 2.29. The lowest BCUT2D eigenvalue weighted by atomic mass is 10.1. The Morgan fingerprint density at radius 2 is 1.47 bits per heavy atom. The molecule has 0 spiro atoms. The van der Waals surface area contributed by atoms with Crippen molar-refractivity contribution in [3.8, 4) is 0 Å². The molecule has 0 atom stereocenters. The third kappa shape index (κ3) is 3.55. The molecule has 2 nitrogen and oxygen atoms in total. The van der Waals surface area contributed by atoms with Crippen LogP contribution in [0, 0.1) is 0 Å². The number of amides is 1. The molecule has 1 aliphatic heterocycles. The Hall–Kier alpha value is -1.87. The molecule has 2 aromatic rings. The average Bonchev–Trinajstić information content (AvgIpc) is 2.47. The second kappa shape index (κ2) is 6.34. The zero-order valence-corrected chi connectivity index (χ0v) is 12.0. The number of halogens is 1. The number of para-hydroxylation sites is 1. The van der Waals surface area contributed by atoms with Gasteiger partial charge in [0, 0.05) is 15.7 Å². The van der Waals surface area contributed by atoms with Crippen LogP contribution in [0.5, 0.6) is 0 Å². The minimum Gasteiger partial charge on any atom is -0.304 e. The molecule has 0 unspecified atom stereocenters. The van der Waals surface area contributed by atoms with Crippen molar-refractivity contribution in [2.45, 2.75) is 0 Å². The quantitative estimate of drug-likeness (QED) is 0.574. The first-order valence-corrected chi connectivity index (χ1v) is 6.73.